The Morgan fingerprint density at radius 1 is 0.885 bits per heavy atom. The van der Waals surface area contributed by atoms with Gasteiger partial charge in [-0.3, -0.25) is 4.98 Å². The first-order valence-electron chi connectivity index (χ1n) is 9.43. The Kier molecular flexibility index (Phi) is 4.83. The van der Waals surface area contributed by atoms with Gasteiger partial charge in [0.25, 0.3) is 0 Å². The predicted molar refractivity (Wildman–Crippen MR) is 109 cm³/mol. The van der Waals surface area contributed by atoms with Crippen LogP contribution in [0, 0.1) is 0 Å². The van der Waals surface area contributed by atoms with Gasteiger partial charge in [0.1, 0.15) is 0 Å². The quantitative estimate of drug-likeness (QED) is 0.415. The van der Waals surface area contributed by atoms with Crippen molar-refractivity contribution >= 4 is 10.9 Å². The Hall–Kier alpha value is -2.87. The maximum Gasteiger partial charge on any atom is 0.0678 e. The zero-order valence-corrected chi connectivity index (χ0v) is 15.2. The molecular formula is C24H24N2. The third kappa shape index (κ3) is 3.15. The maximum absolute atomic E-state index is 4.42. The highest BCUT2D eigenvalue weighted by Crippen LogP contribution is 2.36. The van der Waals surface area contributed by atoms with Gasteiger partial charge < -0.3 is 4.57 Å². The number of aromatic nitrogens is 2. The van der Waals surface area contributed by atoms with Gasteiger partial charge in [0.05, 0.1) is 11.7 Å². The molecule has 26 heavy (non-hydrogen) atoms. The van der Waals surface area contributed by atoms with Crippen molar-refractivity contribution in [3.8, 4) is 11.1 Å². The van der Waals surface area contributed by atoms with E-state index in [1.807, 2.05) is 12.4 Å². The summed E-state index contributed by atoms with van der Waals surface area (Å²) in [4.78, 5) is 4.42. The molecule has 130 valence electrons. The molecule has 0 saturated carbocycles. The van der Waals surface area contributed by atoms with E-state index in [0.717, 1.165) is 13.0 Å². The summed E-state index contributed by atoms with van der Waals surface area (Å²) in [5, 5.41) is 1.30. The molecule has 2 heterocycles. The number of nitrogens with zero attached hydrogens (tertiary/aromatic N) is 2. The molecule has 0 radical (unpaired) electrons. The van der Waals surface area contributed by atoms with Crippen LogP contribution in [0.3, 0.4) is 0 Å². The van der Waals surface area contributed by atoms with Crippen molar-refractivity contribution in [1.29, 1.82) is 0 Å². The van der Waals surface area contributed by atoms with Crippen LogP contribution >= 0.6 is 0 Å². The third-order valence-electron chi connectivity index (χ3n) is 4.99. The highest BCUT2D eigenvalue weighted by molar-refractivity contribution is 5.97. The first kappa shape index (κ1) is 16.6. The molecule has 0 aliphatic heterocycles. The average Bonchev–Trinajstić information content (AvgIpc) is 3.01. The molecule has 2 aromatic carbocycles. The molecule has 0 bridgehead atoms. The Balaban J connectivity index is 1.94. The molecule has 0 amide bonds. The Morgan fingerprint density at radius 3 is 2.35 bits per heavy atom. The highest BCUT2D eigenvalue weighted by Gasteiger charge is 2.18. The van der Waals surface area contributed by atoms with Gasteiger partial charge in [-0.1, -0.05) is 74.0 Å². The van der Waals surface area contributed by atoms with Crippen LogP contribution in [-0.2, 0) is 13.0 Å². The Bertz CT molecular complexity index is 985. The van der Waals surface area contributed by atoms with Gasteiger partial charge in [0, 0.05) is 29.4 Å². The van der Waals surface area contributed by atoms with Crippen molar-refractivity contribution in [1.82, 2.24) is 9.55 Å². The Morgan fingerprint density at radius 2 is 1.62 bits per heavy atom. The van der Waals surface area contributed by atoms with Gasteiger partial charge in [-0.15, -0.1) is 0 Å². The smallest absolute Gasteiger partial charge is 0.0678 e. The summed E-state index contributed by atoms with van der Waals surface area (Å²) in [7, 11) is 0. The van der Waals surface area contributed by atoms with Crippen molar-refractivity contribution in [3.05, 3.63) is 90.4 Å². The maximum atomic E-state index is 4.42. The first-order chi connectivity index (χ1) is 12.9. The molecule has 0 unspecified atom stereocenters. The zero-order valence-electron chi connectivity index (χ0n) is 15.2. The van der Waals surface area contributed by atoms with Gasteiger partial charge in [0.15, 0.2) is 0 Å². The monoisotopic (exact) mass is 340 g/mol. The van der Waals surface area contributed by atoms with Gasteiger partial charge in [0.2, 0.25) is 0 Å². The van der Waals surface area contributed by atoms with Crippen LogP contribution in [0.2, 0.25) is 0 Å². The third-order valence-corrected chi connectivity index (χ3v) is 4.99. The molecule has 2 heteroatoms. The molecule has 0 fully saturated rings. The summed E-state index contributed by atoms with van der Waals surface area (Å²) >= 11 is 0. The predicted octanol–water partition coefficient (Wildman–Crippen LogP) is 6.09. The number of hydrogen-bond donors (Lipinski definition) is 0. The van der Waals surface area contributed by atoms with Crippen LogP contribution in [0.15, 0.2) is 79.1 Å². The topological polar surface area (TPSA) is 17.8 Å². The molecule has 4 aromatic rings. The lowest BCUT2D eigenvalue weighted by atomic mass is 10.00. The summed E-state index contributed by atoms with van der Waals surface area (Å²) in [6, 6.07) is 23.6. The Labute approximate surface area is 155 Å². The lowest BCUT2D eigenvalue weighted by Crippen LogP contribution is -2.05. The van der Waals surface area contributed by atoms with E-state index < -0.39 is 0 Å². The van der Waals surface area contributed by atoms with E-state index in [9.17, 15) is 0 Å². The van der Waals surface area contributed by atoms with Crippen molar-refractivity contribution in [2.75, 3.05) is 0 Å². The fourth-order valence-corrected chi connectivity index (χ4v) is 3.73. The van der Waals surface area contributed by atoms with E-state index in [1.54, 1.807) is 0 Å². The van der Waals surface area contributed by atoms with Crippen LogP contribution in [0.1, 0.15) is 31.0 Å². The molecule has 2 aromatic heterocycles. The molecule has 0 N–H and O–H groups in total. The zero-order chi connectivity index (χ0) is 17.8. The molecule has 4 rings (SSSR count). The van der Waals surface area contributed by atoms with Crippen molar-refractivity contribution in [3.63, 3.8) is 0 Å². The second kappa shape index (κ2) is 7.57. The largest absolute Gasteiger partial charge is 0.338 e. The average molecular weight is 340 g/mol. The van der Waals surface area contributed by atoms with Crippen LogP contribution in [0.5, 0.6) is 0 Å². The van der Waals surface area contributed by atoms with Crippen molar-refractivity contribution in [2.45, 2.75) is 32.7 Å². The fourth-order valence-electron chi connectivity index (χ4n) is 3.73. The minimum Gasteiger partial charge on any atom is -0.338 e. The van der Waals surface area contributed by atoms with Gasteiger partial charge in [-0.25, -0.2) is 0 Å². The lowest BCUT2D eigenvalue weighted by Gasteiger charge is -2.13. The summed E-state index contributed by atoms with van der Waals surface area (Å²) < 4.78 is 2.47. The van der Waals surface area contributed by atoms with E-state index >= 15 is 0 Å². The SMILES string of the molecule is CCCCc1c(-c2ccccc2)c2ccncc2n1Cc1ccccc1. The van der Waals surface area contributed by atoms with Gasteiger partial charge in [-0.05, 0) is 30.0 Å². The molecule has 0 saturated heterocycles. The number of pyridine rings is 1. The summed E-state index contributed by atoms with van der Waals surface area (Å²) in [6.07, 6.45) is 7.39. The number of unbranched alkanes of at least 4 members (excludes halogenated alkanes) is 1. The van der Waals surface area contributed by atoms with E-state index in [2.05, 4.69) is 83.2 Å². The molecule has 2 nitrogen and oxygen atoms in total. The van der Waals surface area contributed by atoms with Crippen LogP contribution < -0.4 is 0 Å². The van der Waals surface area contributed by atoms with E-state index in [4.69, 9.17) is 0 Å². The van der Waals surface area contributed by atoms with Crippen molar-refractivity contribution < 1.29 is 0 Å². The number of rotatable bonds is 6. The summed E-state index contributed by atoms with van der Waals surface area (Å²) in [5.74, 6) is 0. The normalized spacial score (nSPS) is 11.1. The first-order valence-corrected chi connectivity index (χ1v) is 9.43. The summed E-state index contributed by atoms with van der Waals surface area (Å²) in [5.41, 5.74) is 6.63. The molecule has 0 spiro atoms. The molecule has 0 aliphatic carbocycles. The lowest BCUT2D eigenvalue weighted by molar-refractivity contribution is 0.712. The number of hydrogen-bond acceptors (Lipinski definition) is 1. The van der Waals surface area contributed by atoms with E-state index in [0.29, 0.717) is 0 Å². The van der Waals surface area contributed by atoms with E-state index in [1.165, 1.54) is 46.1 Å². The molecule has 0 atom stereocenters. The van der Waals surface area contributed by atoms with Crippen molar-refractivity contribution in [2.24, 2.45) is 0 Å². The van der Waals surface area contributed by atoms with Crippen LogP contribution in [0.4, 0.5) is 0 Å². The number of benzene rings is 2. The van der Waals surface area contributed by atoms with Crippen LogP contribution in [0.25, 0.3) is 22.0 Å². The molecule has 0 aliphatic rings. The highest BCUT2D eigenvalue weighted by atomic mass is 15.0. The number of fused-ring (bicyclic) bond motifs is 1. The minimum absolute atomic E-state index is 0.884. The van der Waals surface area contributed by atoms with Gasteiger partial charge in [-0.2, -0.15) is 0 Å². The minimum atomic E-state index is 0.884. The molecular weight excluding hydrogens is 316 g/mol. The van der Waals surface area contributed by atoms with Gasteiger partial charge >= 0.3 is 0 Å². The fraction of sp³-hybridized carbons (Fsp3) is 0.208. The second-order valence-electron chi connectivity index (χ2n) is 6.76. The second-order valence-corrected chi connectivity index (χ2v) is 6.76. The van der Waals surface area contributed by atoms with E-state index in [-0.39, 0.29) is 0 Å². The standard InChI is InChI=1S/C24H24N2/c1-2-3-14-22-24(20-12-8-5-9-13-20)21-15-16-25-17-23(21)26(22)18-19-10-6-4-7-11-19/h4-13,15-17H,2-3,14,18H2,1H3. The van der Waals surface area contributed by atoms with Crippen LogP contribution in [-0.4, -0.2) is 9.55 Å². The summed E-state index contributed by atoms with van der Waals surface area (Å²) in [6.45, 7) is 3.14.